The lowest BCUT2D eigenvalue weighted by Gasteiger charge is -2.12. The highest BCUT2D eigenvalue weighted by Gasteiger charge is 2.06. The molecule has 0 bridgehead atoms. The average molecular weight is 288 g/mol. The molecule has 0 spiro atoms. The Balaban J connectivity index is 1.94. The Morgan fingerprint density at radius 1 is 1.43 bits per heavy atom. The predicted molar refractivity (Wildman–Crippen MR) is 81.7 cm³/mol. The van der Waals surface area contributed by atoms with Gasteiger partial charge in [0.05, 0.1) is 13.2 Å². The number of guanidine groups is 1. The number of rotatable bonds is 6. The van der Waals surface area contributed by atoms with Crippen molar-refractivity contribution in [2.45, 2.75) is 19.5 Å². The van der Waals surface area contributed by atoms with E-state index in [0.29, 0.717) is 25.0 Å². The topological polar surface area (TPSA) is 85.7 Å². The van der Waals surface area contributed by atoms with Crippen LogP contribution in [-0.4, -0.2) is 30.7 Å². The molecule has 1 aromatic heterocycles. The van der Waals surface area contributed by atoms with Gasteiger partial charge in [0.1, 0.15) is 12.0 Å². The molecular formula is C15H20N4O2. The van der Waals surface area contributed by atoms with Gasteiger partial charge in [-0.15, -0.1) is 0 Å². The van der Waals surface area contributed by atoms with Crippen LogP contribution in [0.15, 0.2) is 46.0 Å². The number of nitrogens with two attached hydrogens (primary N) is 1. The smallest absolute Gasteiger partial charge is 0.226 e. The van der Waals surface area contributed by atoms with Crippen LogP contribution in [0.25, 0.3) is 11.5 Å². The Morgan fingerprint density at radius 3 is 2.90 bits per heavy atom. The summed E-state index contributed by atoms with van der Waals surface area (Å²) in [6.07, 6.45) is 1.59. The van der Waals surface area contributed by atoms with Crippen molar-refractivity contribution in [2.24, 2.45) is 10.7 Å². The number of hydrogen-bond donors (Lipinski definition) is 2. The summed E-state index contributed by atoms with van der Waals surface area (Å²) in [5.41, 5.74) is 7.47. The van der Waals surface area contributed by atoms with Crippen molar-refractivity contribution in [1.29, 1.82) is 0 Å². The maximum atomic E-state index is 5.80. The first-order valence-electron chi connectivity index (χ1n) is 6.74. The number of hydrogen-bond acceptors (Lipinski definition) is 4. The maximum absolute atomic E-state index is 5.80. The summed E-state index contributed by atoms with van der Waals surface area (Å²) in [6, 6.07) is 9.83. The Labute approximate surface area is 124 Å². The number of oxazole rings is 1. The molecule has 0 amide bonds. The minimum atomic E-state index is 0.107. The van der Waals surface area contributed by atoms with Crippen molar-refractivity contribution in [2.75, 3.05) is 13.7 Å². The van der Waals surface area contributed by atoms with Crippen LogP contribution in [0.4, 0.5) is 0 Å². The van der Waals surface area contributed by atoms with E-state index in [0.717, 1.165) is 11.3 Å². The van der Waals surface area contributed by atoms with Gasteiger partial charge >= 0.3 is 0 Å². The van der Waals surface area contributed by atoms with Crippen molar-refractivity contribution in [3.05, 3.63) is 42.3 Å². The van der Waals surface area contributed by atoms with Gasteiger partial charge in [-0.3, -0.25) is 0 Å². The van der Waals surface area contributed by atoms with Gasteiger partial charge in [0.25, 0.3) is 0 Å². The van der Waals surface area contributed by atoms with Crippen LogP contribution < -0.4 is 11.1 Å². The molecule has 1 unspecified atom stereocenters. The standard InChI is InChI=1S/C15H20N4O2/c1-11(9-20-2)18-15(16)17-8-13-10-21-14(19-13)12-6-4-3-5-7-12/h3-7,10-11H,8-9H2,1-2H3,(H3,16,17,18). The van der Waals surface area contributed by atoms with Crippen LogP contribution in [0, 0.1) is 0 Å². The predicted octanol–water partition coefficient (Wildman–Crippen LogP) is 1.78. The van der Waals surface area contributed by atoms with Gasteiger partial charge in [-0.25, -0.2) is 9.98 Å². The highest BCUT2D eigenvalue weighted by atomic mass is 16.5. The molecule has 2 rings (SSSR count). The normalized spacial score (nSPS) is 13.1. The molecule has 0 fully saturated rings. The fourth-order valence-corrected chi connectivity index (χ4v) is 1.85. The van der Waals surface area contributed by atoms with E-state index in [1.54, 1.807) is 13.4 Å². The molecule has 112 valence electrons. The first kappa shape index (κ1) is 15.1. The third kappa shape index (κ3) is 4.61. The number of ether oxygens (including phenoxy) is 1. The molecule has 3 N–H and O–H groups in total. The molecule has 0 saturated heterocycles. The van der Waals surface area contributed by atoms with Crippen LogP contribution in [0.2, 0.25) is 0 Å². The number of nitrogens with one attached hydrogen (secondary N) is 1. The van der Waals surface area contributed by atoms with E-state index in [2.05, 4.69) is 15.3 Å². The van der Waals surface area contributed by atoms with Gasteiger partial charge in [-0.05, 0) is 19.1 Å². The maximum Gasteiger partial charge on any atom is 0.226 e. The third-order valence-electron chi connectivity index (χ3n) is 2.79. The second-order valence-electron chi connectivity index (χ2n) is 4.71. The number of methoxy groups -OCH3 is 1. The third-order valence-corrected chi connectivity index (χ3v) is 2.79. The van der Waals surface area contributed by atoms with Gasteiger partial charge < -0.3 is 20.2 Å². The zero-order valence-corrected chi connectivity index (χ0v) is 12.2. The fraction of sp³-hybridized carbons (Fsp3) is 0.333. The van der Waals surface area contributed by atoms with Crippen LogP contribution >= 0.6 is 0 Å². The Kier molecular flexibility index (Phi) is 5.34. The quantitative estimate of drug-likeness (QED) is 0.625. The lowest BCUT2D eigenvalue weighted by molar-refractivity contribution is 0.179. The first-order valence-corrected chi connectivity index (χ1v) is 6.74. The molecule has 21 heavy (non-hydrogen) atoms. The molecule has 1 atom stereocenters. The van der Waals surface area contributed by atoms with E-state index in [-0.39, 0.29) is 6.04 Å². The van der Waals surface area contributed by atoms with Crippen molar-refractivity contribution >= 4 is 5.96 Å². The fourth-order valence-electron chi connectivity index (χ4n) is 1.85. The summed E-state index contributed by atoms with van der Waals surface area (Å²) in [4.78, 5) is 8.62. The Hall–Kier alpha value is -2.34. The zero-order chi connectivity index (χ0) is 15.1. The summed E-state index contributed by atoms with van der Waals surface area (Å²) in [5.74, 6) is 0.948. The lowest BCUT2D eigenvalue weighted by Crippen LogP contribution is -2.40. The average Bonchev–Trinajstić information content (AvgIpc) is 2.95. The minimum absolute atomic E-state index is 0.107. The number of benzene rings is 1. The van der Waals surface area contributed by atoms with Crippen LogP contribution in [0.1, 0.15) is 12.6 Å². The molecule has 0 aliphatic rings. The summed E-state index contributed by atoms with van der Waals surface area (Å²) in [6.45, 7) is 2.91. The molecule has 6 heteroatoms. The van der Waals surface area contributed by atoms with Crippen LogP contribution in [-0.2, 0) is 11.3 Å². The summed E-state index contributed by atoms with van der Waals surface area (Å²) < 4.78 is 10.5. The number of nitrogens with zero attached hydrogens (tertiary/aromatic N) is 2. The summed E-state index contributed by atoms with van der Waals surface area (Å²) in [7, 11) is 1.64. The number of aliphatic imine (C=N–C) groups is 1. The Bertz CT molecular complexity index is 580. The van der Waals surface area contributed by atoms with Gasteiger partial charge in [0.2, 0.25) is 5.89 Å². The van der Waals surface area contributed by atoms with Crippen molar-refractivity contribution < 1.29 is 9.15 Å². The summed E-state index contributed by atoms with van der Waals surface area (Å²) in [5, 5.41) is 3.03. The molecule has 0 saturated carbocycles. The van der Waals surface area contributed by atoms with Crippen molar-refractivity contribution in [3.8, 4) is 11.5 Å². The van der Waals surface area contributed by atoms with Crippen LogP contribution in [0.5, 0.6) is 0 Å². The van der Waals surface area contributed by atoms with E-state index < -0.39 is 0 Å². The SMILES string of the molecule is COCC(C)NC(N)=NCc1coc(-c2ccccc2)n1. The van der Waals surface area contributed by atoms with Gasteiger partial charge in [0.15, 0.2) is 5.96 Å². The second-order valence-corrected chi connectivity index (χ2v) is 4.71. The molecule has 0 radical (unpaired) electrons. The molecule has 0 aliphatic heterocycles. The zero-order valence-electron chi connectivity index (χ0n) is 12.2. The van der Waals surface area contributed by atoms with E-state index in [4.69, 9.17) is 14.9 Å². The highest BCUT2D eigenvalue weighted by Crippen LogP contribution is 2.18. The Morgan fingerprint density at radius 2 is 2.19 bits per heavy atom. The van der Waals surface area contributed by atoms with Gasteiger partial charge in [-0.2, -0.15) is 0 Å². The van der Waals surface area contributed by atoms with Crippen LogP contribution in [0.3, 0.4) is 0 Å². The van der Waals surface area contributed by atoms with E-state index in [1.165, 1.54) is 0 Å². The van der Waals surface area contributed by atoms with Gasteiger partial charge in [-0.1, -0.05) is 18.2 Å². The molecule has 1 heterocycles. The van der Waals surface area contributed by atoms with Gasteiger partial charge in [0, 0.05) is 18.7 Å². The van der Waals surface area contributed by atoms with E-state index in [9.17, 15) is 0 Å². The second kappa shape index (κ2) is 7.44. The van der Waals surface area contributed by atoms with E-state index in [1.807, 2.05) is 37.3 Å². The molecule has 1 aromatic carbocycles. The van der Waals surface area contributed by atoms with E-state index >= 15 is 0 Å². The van der Waals surface area contributed by atoms with Crippen molar-refractivity contribution in [3.63, 3.8) is 0 Å². The molecule has 2 aromatic rings. The molecule has 0 aliphatic carbocycles. The largest absolute Gasteiger partial charge is 0.444 e. The lowest BCUT2D eigenvalue weighted by atomic mass is 10.2. The monoisotopic (exact) mass is 288 g/mol. The molecular weight excluding hydrogens is 268 g/mol. The van der Waals surface area contributed by atoms with Crippen molar-refractivity contribution in [1.82, 2.24) is 10.3 Å². The highest BCUT2D eigenvalue weighted by molar-refractivity contribution is 5.78. The summed E-state index contributed by atoms with van der Waals surface area (Å²) >= 11 is 0. The number of aromatic nitrogens is 1. The first-order chi connectivity index (χ1) is 10.2. The minimum Gasteiger partial charge on any atom is -0.444 e. The molecule has 6 nitrogen and oxygen atoms in total.